The van der Waals surface area contributed by atoms with E-state index in [1.165, 1.54) is 6.07 Å². The van der Waals surface area contributed by atoms with Crippen molar-refractivity contribution < 1.29 is 28.2 Å². The van der Waals surface area contributed by atoms with Gasteiger partial charge < -0.3 is 24.5 Å². The highest BCUT2D eigenvalue weighted by Crippen LogP contribution is 2.46. The van der Waals surface area contributed by atoms with E-state index in [1.807, 2.05) is 12.1 Å². The van der Waals surface area contributed by atoms with Gasteiger partial charge in [-0.2, -0.15) is 8.78 Å². The zero-order valence-electron chi connectivity index (χ0n) is 20.9. The van der Waals surface area contributed by atoms with Crippen LogP contribution < -0.4 is 14.8 Å². The Morgan fingerprint density at radius 2 is 2.00 bits per heavy atom. The maximum atomic E-state index is 13.2. The smallest absolute Gasteiger partial charge is 0.387 e. The van der Waals surface area contributed by atoms with Crippen molar-refractivity contribution in [2.45, 2.75) is 56.3 Å². The highest BCUT2D eigenvalue weighted by Gasteiger charge is 2.48. The molecule has 1 spiro atoms. The van der Waals surface area contributed by atoms with Crippen molar-refractivity contribution in [2.24, 2.45) is 0 Å². The Hall–Kier alpha value is -2.95. The van der Waals surface area contributed by atoms with Crippen LogP contribution in [0.2, 0.25) is 5.02 Å². The van der Waals surface area contributed by atoms with Crippen LogP contribution in [0, 0.1) is 0 Å². The van der Waals surface area contributed by atoms with Crippen molar-refractivity contribution in [3.05, 3.63) is 47.2 Å². The van der Waals surface area contributed by atoms with E-state index in [0.717, 1.165) is 24.3 Å². The number of rotatable bonds is 7. The number of carbonyl (C=O) groups is 1. The van der Waals surface area contributed by atoms with Crippen molar-refractivity contribution in [2.75, 3.05) is 31.6 Å². The Kier molecular flexibility index (Phi) is 6.24. The van der Waals surface area contributed by atoms with E-state index >= 15 is 0 Å². The average molecular weight is 547 g/mol. The SMILES string of the molecule is CC1(O)CC(n2cnc3cc(OCCN4CCC5(CC4)C(=O)Nc4ccc(Cl)cc45)cc(OC(F)F)c32)C1. The molecule has 1 saturated heterocycles. The second-order valence-electron chi connectivity index (χ2n) is 10.8. The number of halogens is 3. The molecule has 2 N–H and O–H groups in total. The summed E-state index contributed by atoms with van der Waals surface area (Å²) >= 11 is 6.21. The summed E-state index contributed by atoms with van der Waals surface area (Å²) < 4.78 is 39.0. The first-order valence-electron chi connectivity index (χ1n) is 12.8. The number of aromatic nitrogens is 2. The third-order valence-electron chi connectivity index (χ3n) is 8.13. The number of benzene rings is 2. The summed E-state index contributed by atoms with van der Waals surface area (Å²) in [5.41, 5.74) is 1.44. The Balaban J connectivity index is 1.11. The molecule has 0 atom stereocenters. The molecule has 1 aliphatic carbocycles. The van der Waals surface area contributed by atoms with Crippen LogP contribution in [-0.2, 0) is 10.2 Å². The van der Waals surface area contributed by atoms with E-state index in [2.05, 4.69) is 15.2 Å². The fourth-order valence-corrected chi connectivity index (χ4v) is 6.31. The van der Waals surface area contributed by atoms with Gasteiger partial charge in [0.1, 0.15) is 17.9 Å². The number of imidazole rings is 1. The first-order valence-corrected chi connectivity index (χ1v) is 13.2. The molecule has 8 nitrogen and oxygen atoms in total. The van der Waals surface area contributed by atoms with Crippen LogP contribution in [0.1, 0.15) is 44.2 Å². The lowest BCUT2D eigenvalue weighted by atomic mass is 9.73. The molecule has 38 heavy (non-hydrogen) atoms. The standard InChI is InChI=1S/C27H29ClF2N4O4/c1-26(36)13-17(14-26)34-15-31-21-11-18(12-22(23(21)34)38-25(29)30)37-9-8-33-6-4-27(5-7-33)19-10-16(28)2-3-20(19)32-24(27)35/h2-3,10-12,15,17,25,36H,4-9,13-14H2,1H3,(H,32,35). The van der Waals surface area contributed by atoms with Crippen LogP contribution in [0.4, 0.5) is 14.5 Å². The molecule has 0 unspecified atom stereocenters. The van der Waals surface area contributed by atoms with Gasteiger partial charge in [0, 0.05) is 35.4 Å². The zero-order chi connectivity index (χ0) is 26.7. The van der Waals surface area contributed by atoms with Gasteiger partial charge in [-0.15, -0.1) is 0 Å². The third kappa shape index (κ3) is 4.48. The molecule has 2 aliphatic heterocycles. The molecular formula is C27H29ClF2N4O4. The lowest BCUT2D eigenvalue weighted by Gasteiger charge is -2.41. The largest absolute Gasteiger partial charge is 0.492 e. The van der Waals surface area contributed by atoms with Gasteiger partial charge in [-0.25, -0.2) is 4.98 Å². The minimum Gasteiger partial charge on any atom is -0.492 e. The van der Waals surface area contributed by atoms with E-state index in [4.69, 9.17) is 21.1 Å². The van der Waals surface area contributed by atoms with Crippen molar-refractivity contribution >= 4 is 34.2 Å². The number of carbonyl (C=O) groups excluding carboxylic acids is 1. The Morgan fingerprint density at radius 3 is 2.71 bits per heavy atom. The van der Waals surface area contributed by atoms with Gasteiger partial charge in [0.2, 0.25) is 5.91 Å². The van der Waals surface area contributed by atoms with E-state index in [0.29, 0.717) is 60.6 Å². The zero-order valence-corrected chi connectivity index (χ0v) is 21.7. The van der Waals surface area contributed by atoms with Crippen molar-refractivity contribution in [3.8, 4) is 11.5 Å². The number of piperidine rings is 1. The van der Waals surface area contributed by atoms with Crippen LogP contribution in [0.15, 0.2) is 36.7 Å². The highest BCUT2D eigenvalue weighted by molar-refractivity contribution is 6.31. The second-order valence-corrected chi connectivity index (χ2v) is 11.2. The number of alkyl halides is 2. The number of fused-ring (bicyclic) bond motifs is 3. The predicted octanol–water partition coefficient (Wildman–Crippen LogP) is 4.74. The van der Waals surface area contributed by atoms with Gasteiger partial charge >= 0.3 is 6.61 Å². The maximum Gasteiger partial charge on any atom is 0.387 e. The number of nitrogens with zero attached hydrogens (tertiary/aromatic N) is 3. The van der Waals surface area contributed by atoms with E-state index < -0.39 is 17.6 Å². The summed E-state index contributed by atoms with van der Waals surface area (Å²) in [6.45, 7) is 1.16. The quantitative estimate of drug-likeness (QED) is 0.445. The molecule has 1 amide bonds. The highest BCUT2D eigenvalue weighted by atomic mass is 35.5. The molecule has 0 radical (unpaired) electrons. The number of ether oxygens (including phenoxy) is 2. The van der Waals surface area contributed by atoms with Gasteiger partial charge in [-0.3, -0.25) is 9.69 Å². The average Bonchev–Trinajstić information content (AvgIpc) is 3.38. The van der Waals surface area contributed by atoms with Gasteiger partial charge in [0.25, 0.3) is 0 Å². The molecule has 3 aliphatic rings. The molecule has 1 saturated carbocycles. The minimum absolute atomic E-state index is 0.000953. The Bertz CT molecular complexity index is 1380. The molecular weight excluding hydrogens is 518 g/mol. The topological polar surface area (TPSA) is 88.9 Å². The van der Waals surface area contributed by atoms with E-state index in [9.17, 15) is 18.7 Å². The number of likely N-dealkylation sites (tertiary alicyclic amines) is 1. The molecule has 11 heteroatoms. The number of anilines is 1. The number of nitrogens with one attached hydrogen (secondary N) is 1. The molecule has 2 aromatic carbocycles. The summed E-state index contributed by atoms with van der Waals surface area (Å²) in [4.78, 5) is 19.5. The van der Waals surface area contributed by atoms with Crippen molar-refractivity contribution in [1.82, 2.24) is 14.5 Å². The number of aliphatic hydroxyl groups is 1. The summed E-state index contributed by atoms with van der Waals surface area (Å²) in [6, 6.07) is 8.68. The van der Waals surface area contributed by atoms with Crippen LogP contribution in [-0.4, -0.2) is 63.9 Å². The van der Waals surface area contributed by atoms with Crippen LogP contribution in [0.5, 0.6) is 11.5 Å². The lowest BCUT2D eigenvalue weighted by molar-refractivity contribution is -0.122. The van der Waals surface area contributed by atoms with Crippen LogP contribution >= 0.6 is 11.6 Å². The fourth-order valence-electron chi connectivity index (χ4n) is 6.14. The Morgan fingerprint density at radius 1 is 1.24 bits per heavy atom. The van der Waals surface area contributed by atoms with Crippen molar-refractivity contribution in [1.29, 1.82) is 0 Å². The number of hydrogen-bond donors (Lipinski definition) is 2. The fraction of sp³-hybridized carbons (Fsp3) is 0.481. The first kappa shape index (κ1) is 25.3. The molecule has 1 aromatic heterocycles. The first-order chi connectivity index (χ1) is 18.1. The van der Waals surface area contributed by atoms with Gasteiger partial charge in [0.05, 0.1) is 22.9 Å². The normalized spacial score (nSPS) is 24.5. The molecule has 6 rings (SSSR count). The van der Waals surface area contributed by atoms with Gasteiger partial charge in [0.15, 0.2) is 5.75 Å². The maximum absolute atomic E-state index is 13.2. The summed E-state index contributed by atoms with van der Waals surface area (Å²) in [7, 11) is 0. The monoisotopic (exact) mass is 546 g/mol. The van der Waals surface area contributed by atoms with Gasteiger partial charge in [-0.05, 0) is 69.5 Å². The summed E-state index contributed by atoms with van der Waals surface area (Å²) in [6.07, 6.45) is 3.98. The van der Waals surface area contributed by atoms with Crippen molar-refractivity contribution in [3.63, 3.8) is 0 Å². The van der Waals surface area contributed by atoms with Crippen LogP contribution in [0.25, 0.3) is 11.0 Å². The third-order valence-corrected chi connectivity index (χ3v) is 8.37. The Labute approximate surface area is 223 Å². The lowest BCUT2D eigenvalue weighted by Crippen LogP contribution is -2.47. The molecule has 2 fully saturated rings. The molecule has 3 aromatic rings. The van der Waals surface area contributed by atoms with E-state index in [-0.39, 0.29) is 17.7 Å². The van der Waals surface area contributed by atoms with E-state index in [1.54, 1.807) is 30.0 Å². The molecule has 0 bridgehead atoms. The molecule has 3 heterocycles. The number of amides is 1. The van der Waals surface area contributed by atoms with Gasteiger partial charge in [-0.1, -0.05) is 11.6 Å². The minimum atomic E-state index is -2.99. The molecule has 202 valence electrons. The second kappa shape index (κ2) is 9.36. The number of hydrogen-bond acceptors (Lipinski definition) is 6. The predicted molar refractivity (Wildman–Crippen MR) is 138 cm³/mol. The summed E-state index contributed by atoms with van der Waals surface area (Å²) in [5.74, 6) is 0.419. The van der Waals surface area contributed by atoms with Crippen LogP contribution in [0.3, 0.4) is 0 Å². The summed E-state index contributed by atoms with van der Waals surface area (Å²) in [5, 5.41) is 13.7.